The fraction of sp³-hybridized carbons (Fsp3) is 0.316. The van der Waals surface area contributed by atoms with Crippen LogP contribution in [0.25, 0.3) is 0 Å². The minimum atomic E-state index is -0.283. The smallest absolute Gasteiger partial charge is 0.224 e. The predicted octanol–water partition coefficient (Wildman–Crippen LogP) is 4.28. The van der Waals surface area contributed by atoms with Crippen molar-refractivity contribution in [3.05, 3.63) is 65.5 Å². The molecule has 0 saturated carbocycles. The van der Waals surface area contributed by atoms with E-state index in [9.17, 15) is 9.18 Å². The molecule has 2 rings (SSSR count). The molecule has 0 aromatic heterocycles. The zero-order valence-corrected chi connectivity index (χ0v) is 15.0. The van der Waals surface area contributed by atoms with Crippen molar-refractivity contribution in [3.63, 3.8) is 0 Å². The lowest BCUT2D eigenvalue weighted by Crippen LogP contribution is -2.37. The summed E-state index contributed by atoms with van der Waals surface area (Å²) in [7, 11) is 0. The monoisotopic (exact) mass is 350 g/mol. The Morgan fingerprint density at radius 3 is 2.12 bits per heavy atom. The summed E-state index contributed by atoms with van der Waals surface area (Å²) >= 11 is 0. The van der Waals surface area contributed by atoms with Crippen LogP contribution in [0.2, 0.25) is 0 Å². The Labute approximate surface area is 148 Å². The highest BCUT2D eigenvalue weighted by atomic mass is 35.5. The molecule has 0 aliphatic carbocycles. The highest BCUT2D eigenvalue weighted by molar-refractivity contribution is 5.85. The van der Waals surface area contributed by atoms with Crippen molar-refractivity contribution < 1.29 is 9.18 Å². The number of carbonyl (C=O) groups is 1. The van der Waals surface area contributed by atoms with Crippen molar-refractivity contribution in [2.45, 2.75) is 33.2 Å². The summed E-state index contributed by atoms with van der Waals surface area (Å²) in [4.78, 5) is 12.4. The van der Waals surface area contributed by atoms with Crippen molar-refractivity contribution in [3.8, 4) is 0 Å². The van der Waals surface area contributed by atoms with E-state index in [-0.39, 0.29) is 42.0 Å². The molecule has 0 aliphatic rings. The highest BCUT2D eigenvalue weighted by Crippen LogP contribution is 2.32. The van der Waals surface area contributed by atoms with Crippen molar-refractivity contribution in [2.24, 2.45) is 5.41 Å². The molecule has 0 fully saturated rings. The van der Waals surface area contributed by atoms with Gasteiger partial charge in [0.25, 0.3) is 0 Å². The van der Waals surface area contributed by atoms with E-state index in [1.54, 1.807) is 24.3 Å². The van der Waals surface area contributed by atoms with Crippen LogP contribution in [-0.4, -0.2) is 5.91 Å². The van der Waals surface area contributed by atoms with Crippen LogP contribution in [0.3, 0.4) is 0 Å². The van der Waals surface area contributed by atoms with Crippen molar-refractivity contribution >= 4 is 24.0 Å². The third kappa shape index (κ3) is 5.53. The standard InChI is InChI=1S/C19H23FN2O.ClH/c1-19(2,3)18(14-6-8-15(20)9-7-14)22-17(23)12-13-4-10-16(21)11-5-13;/h4-11,18H,12,21H2,1-3H3,(H,22,23);1H. The highest BCUT2D eigenvalue weighted by Gasteiger charge is 2.27. The first kappa shape index (κ1) is 20.0. The van der Waals surface area contributed by atoms with Gasteiger partial charge in [0.2, 0.25) is 5.91 Å². The van der Waals surface area contributed by atoms with Gasteiger partial charge in [-0.3, -0.25) is 4.79 Å². The molecular formula is C19H24ClFN2O. The lowest BCUT2D eigenvalue weighted by atomic mass is 9.82. The summed E-state index contributed by atoms with van der Waals surface area (Å²) in [6.45, 7) is 6.14. The number of carbonyl (C=O) groups excluding carboxylic acids is 1. The third-order valence-electron chi connectivity index (χ3n) is 3.72. The zero-order chi connectivity index (χ0) is 17.0. The van der Waals surface area contributed by atoms with Crippen LogP contribution in [0.5, 0.6) is 0 Å². The lowest BCUT2D eigenvalue weighted by molar-refractivity contribution is -0.122. The second kappa shape index (κ2) is 8.15. The molecule has 0 aliphatic heterocycles. The van der Waals surface area contributed by atoms with Gasteiger partial charge in [0.15, 0.2) is 0 Å². The average Bonchev–Trinajstić information content (AvgIpc) is 2.47. The molecule has 1 amide bonds. The number of hydrogen-bond acceptors (Lipinski definition) is 2. The minimum absolute atomic E-state index is 0. The molecular weight excluding hydrogens is 327 g/mol. The van der Waals surface area contributed by atoms with Gasteiger partial charge in [-0.2, -0.15) is 0 Å². The van der Waals surface area contributed by atoms with Crippen LogP contribution >= 0.6 is 12.4 Å². The number of benzene rings is 2. The van der Waals surface area contributed by atoms with Crippen LogP contribution < -0.4 is 11.1 Å². The quantitative estimate of drug-likeness (QED) is 0.809. The van der Waals surface area contributed by atoms with E-state index >= 15 is 0 Å². The average molecular weight is 351 g/mol. The van der Waals surface area contributed by atoms with Gasteiger partial charge < -0.3 is 11.1 Å². The summed E-state index contributed by atoms with van der Waals surface area (Å²) in [6.07, 6.45) is 0.286. The van der Waals surface area contributed by atoms with E-state index < -0.39 is 0 Å². The molecule has 5 heteroatoms. The number of nitrogens with one attached hydrogen (secondary N) is 1. The minimum Gasteiger partial charge on any atom is -0.399 e. The van der Waals surface area contributed by atoms with Crippen LogP contribution in [0.15, 0.2) is 48.5 Å². The molecule has 3 nitrogen and oxygen atoms in total. The Kier molecular flexibility index (Phi) is 6.79. The summed E-state index contributed by atoms with van der Waals surface area (Å²) in [6, 6.07) is 13.3. The number of amides is 1. The van der Waals surface area contributed by atoms with Crippen molar-refractivity contribution in [2.75, 3.05) is 5.73 Å². The molecule has 0 heterocycles. The van der Waals surface area contributed by atoms with Gasteiger partial charge in [0.1, 0.15) is 5.82 Å². The molecule has 0 spiro atoms. The van der Waals surface area contributed by atoms with E-state index in [4.69, 9.17) is 5.73 Å². The maximum Gasteiger partial charge on any atom is 0.224 e. The Bertz CT molecular complexity index is 663. The van der Waals surface area contributed by atoms with Crippen molar-refractivity contribution in [1.29, 1.82) is 0 Å². The van der Waals surface area contributed by atoms with Gasteiger partial charge >= 0.3 is 0 Å². The fourth-order valence-corrected chi connectivity index (χ4v) is 2.49. The zero-order valence-electron chi connectivity index (χ0n) is 14.2. The first-order valence-electron chi connectivity index (χ1n) is 7.65. The molecule has 2 aromatic rings. The van der Waals surface area contributed by atoms with Crippen LogP contribution in [0, 0.1) is 11.2 Å². The second-order valence-corrected chi connectivity index (χ2v) is 6.84. The Balaban J connectivity index is 0.00000288. The van der Waals surface area contributed by atoms with E-state index in [2.05, 4.69) is 5.32 Å². The van der Waals surface area contributed by atoms with Gasteiger partial charge in [-0.15, -0.1) is 12.4 Å². The van der Waals surface area contributed by atoms with E-state index in [1.165, 1.54) is 12.1 Å². The molecule has 0 bridgehead atoms. The molecule has 24 heavy (non-hydrogen) atoms. The van der Waals surface area contributed by atoms with E-state index in [0.717, 1.165) is 11.1 Å². The third-order valence-corrected chi connectivity index (χ3v) is 3.72. The topological polar surface area (TPSA) is 55.1 Å². The Morgan fingerprint density at radius 1 is 1.08 bits per heavy atom. The first-order valence-corrected chi connectivity index (χ1v) is 7.65. The molecule has 3 N–H and O–H groups in total. The SMILES string of the molecule is CC(C)(C)C(NC(=O)Cc1ccc(N)cc1)c1ccc(F)cc1.Cl. The largest absolute Gasteiger partial charge is 0.399 e. The van der Waals surface area contributed by atoms with Gasteiger partial charge in [-0.05, 0) is 40.8 Å². The maximum atomic E-state index is 13.1. The second-order valence-electron chi connectivity index (χ2n) is 6.84. The number of halogens is 2. The van der Waals surface area contributed by atoms with Gasteiger partial charge in [0, 0.05) is 5.69 Å². The number of nitrogens with two attached hydrogens (primary N) is 1. The van der Waals surface area contributed by atoms with Crippen molar-refractivity contribution in [1.82, 2.24) is 5.32 Å². The normalized spacial score (nSPS) is 12.2. The molecule has 2 aromatic carbocycles. The Hall–Kier alpha value is -2.07. The molecule has 0 radical (unpaired) electrons. The number of nitrogen functional groups attached to an aromatic ring is 1. The van der Waals surface area contributed by atoms with Crippen LogP contribution in [0.1, 0.15) is 37.9 Å². The molecule has 1 unspecified atom stereocenters. The first-order chi connectivity index (χ1) is 10.8. The van der Waals surface area contributed by atoms with Crippen LogP contribution in [-0.2, 0) is 11.2 Å². The molecule has 1 atom stereocenters. The summed E-state index contributed by atoms with van der Waals surface area (Å²) < 4.78 is 13.1. The number of hydrogen-bond donors (Lipinski definition) is 2. The predicted molar refractivity (Wildman–Crippen MR) is 98.5 cm³/mol. The fourth-order valence-electron chi connectivity index (χ4n) is 2.49. The van der Waals surface area contributed by atoms with E-state index in [1.807, 2.05) is 32.9 Å². The number of anilines is 1. The lowest BCUT2D eigenvalue weighted by Gasteiger charge is -2.32. The maximum absolute atomic E-state index is 13.1. The number of rotatable bonds is 4. The van der Waals surface area contributed by atoms with Crippen LogP contribution in [0.4, 0.5) is 10.1 Å². The van der Waals surface area contributed by atoms with E-state index in [0.29, 0.717) is 5.69 Å². The van der Waals surface area contributed by atoms with Gasteiger partial charge in [0.05, 0.1) is 12.5 Å². The van der Waals surface area contributed by atoms with Gasteiger partial charge in [-0.25, -0.2) is 4.39 Å². The van der Waals surface area contributed by atoms with Gasteiger partial charge in [-0.1, -0.05) is 45.0 Å². The molecule has 0 saturated heterocycles. The summed E-state index contributed by atoms with van der Waals surface area (Å²) in [5.74, 6) is -0.353. The summed E-state index contributed by atoms with van der Waals surface area (Å²) in [5, 5.41) is 3.06. The summed E-state index contributed by atoms with van der Waals surface area (Å²) in [5.41, 5.74) is 7.94. The Morgan fingerprint density at radius 2 is 1.62 bits per heavy atom. The molecule has 130 valence electrons.